The van der Waals surface area contributed by atoms with Crippen molar-refractivity contribution in [3.8, 4) is 0 Å². The Morgan fingerprint density at radius 3 is 2.79 bits per heavy atom. The average molecular weight is 288 g/mol. The number of thioether (sulfide) groups is 1. The second-order valence-corrected chi connectivity index (χ2v) is 5.41. The van der Waals surface area contributed by atoms with Crippen LogP contribution >= 0.6 is 11.8 Å². The zero-order valence-corrected chi connectivity index (χ0v) is 11.7. The molecule has 1 saturated heterocycles. The molecule has 1 aliphatic heterocycles. The van der Waals surface area contributed by atoms with E-state index in [1.807, 2.05) is 4.90 Å². The van der Waals surface area contributed by atoms with Crippen LogP contribution in [0.5, 0.6) is 0 Å². The first-order valence-corrected chi connectivity index (χ1v) is 7.59. The maximum Gasteiger partial charge on any atom is 0.313 e. The third-order valence-electron chi connectivity index (χ3n) is 2.81. The van der Waals surface area contributed by atoms with Crippen LogP contribution in [0, 0.1) is 0 Å². The molecule has 1 fully saturated rings. The second-order valence-electron chi connectivity index (χ2n) is 4.43. The molecule has 0 atom stereocenters. The number of likely N-dealkylation sites (tertiary alicyclic amines) is 1. The number of aliphatic carboxylic acids is 1. The number of hydrogen-bond acceptors (Lipinski definition) is 4. The van der Waals surface area contributed by atoms with Gasteiger partial charge in [0, 0.05) is 26.1 Å². The van der Waals surface area contributed by atoms with Gasteiger partial charge in [-0.15, -0.1) is 11.8 Å². The highest BCUT2D eigenvalue weighted by atomic mass is 32.2. The smallest absolute Gasteiger partial charge is 0.313 e. The predicted octanol–water partition coefficient (Wildman–Crippen LogP) is 0.323. The molecule has 0 saturated carbocycles. The Morgan fingerprint density at radius 2 is 2.11 bits per heavy atom. The highest BCUT2D eigenvalue weighted by Crippen LogP contribution is 2.10. The van der Waals surface area contributed by atoms with Gasteiger partial charge in [0.1, 0.15) is 0 Å². The Labute approximate surface area is 116 Å². The van der Waals surface area contributed by atoms with Gasteiger partial charge in [0.2, 0.25) is 11.8 Å². The van der Waals surface area contributed by atoms with Crippen LogP contribution in [0.15, 0.2) is 0 Å². The summed E-state index contributed by atoms with van der Waals surface area (Å²) in [5, 5.41) is 11.1. The van der Waals surface area contributed by atoms with Crippen molar-refractivity contribution in [2.75, 3.05) is 31.1 Å². The molecule has 0 aromatic rings. The molecule has 0 spiro atoms. The molecule has 0 unspecified atom stereocenters. The zero-order chi connectivity index (χ0) is 14.1. The van der Waals surface area contributed by atoms with E-state index in [4.69, 9.17) is 5.11 Å². The van der Waals surface area contributed by atoms with Crippen LogP contribution in [0.1, 0.15) is 25.7 Å². The van der Waals surface area contributed by atoms with Gasteiger partial charge >= 0.3 is 5.97 Å². The Hall–Kier alpha value is -1.24. The molecular formula is C12H20N2O4S. The van der Waals surface area contributed by atoms with Gasteiger partial charge in [0.05, 0.1) is 11.5 Å². The minimum Gasteiger partial charge on any atom is -0.481 e. The van der Waals surface area contributed by atoms with Crippen molar-refractivity contribution in [2.24, 2.45) is 0 Å². The normalized spacial score (nSPS) is 15.4. The van der Waals surface area contributed by atoms with Gasteiger partial charge in [-0.05, 0) is 19.3 Å². The summed E-state index contributed by atoms with van der Waals surface area (Å²) >= 11 is 1.08. The summed E-state index contributed by atoms with van der Waals surface area (Å²) in [6.07, 6.45) is 3.41. The van der Waals surface area contributed by atoms with Crippen LogP contribution in [0.4, 0.5) is 0 Å². The summed E-state index contributed by atoms with van der Waals surface area (Å²) in [4.78, 5) is 34.9. The van der Waals surface area contributed by atoms with Gasteiger partial charge in [-0.25, -0.2) is 0 Å². The lowest BCUT2D eigenvalue weighted by Gasteiger charge is -2.26. The molecule has 1 aliphatic rings. The standard InChI is InChI=1S/C12H20N2O4S/c15-10(8-19-9-12(17)18)13-5-3-7-14-6-2-1-4-11(14)16/h1-9H2,(H,13,15)(H,17,18). The molecule has 6 nitrogen and oxygen atoms in total. The Kier molecular flexibility index (Phi) is 7.32. The van der Waals surface area contributed by atoms with Gasteiger partial charge < -0.3 is 15.3 Å². The van der Waals surface area contributed by atoms with E-state index in [1.165, 1.54) is 0 Å². The van der Waals surface area contributed by atoms with Crippen molar-refractivity contribution in [1.29, 1.82) is 0 Å². The Balaban J connectivity index is 2.02. The van der Waals surface area contributed by atoms with E-state index in [9.17, 15) is 14.4 Å². The number of amides is 2. The topological polar surface area (TPSA) is 86.7 Å². The number of nitrogens with zero attached hydrogens (tertiary/aromatic N) is 1. The fourth-order valence-electron chi connectivity index (χ4n) is 1.88. The number of carboxylic acids is 1. The number of rotatable bonds is 8. The highest BCUT2D eigenvalue weighted by Gasteiger charge is 2.16. The van der Waals surface area contributed by atoms with Crippen LogP contribution < -0.4 is 5.32 Å². The van der Waals surface area contributed by atoms with Crippen molar-refractivity contribution in [1.82, 2.24) is 10.2 Å². The van der Waals surface area contributed by atoms with Gasteiger partial charge in [0.15, 0.2) is 0 Å². The van der Waals surface area contributed by atoms with Crippen LogP contribution in [0.2, 0.25) is 0 Å². The molecule has 0 aliphatic carbocycles. The largest absolute Gasteiger partial charge is 0.481 e. The third-order valence-corrected chi connectivity index (χ3v) is 3.72. The van der Waals surface area contributed by atoms with Crippen LogP contribution in [0.3, 0.4) is 0 Å². The van der Waals surface area contributed by atoms with Gasteiger partial charge in [-0.3, -0.25) is 14.4 Å². The lowest BCUT2D eigenvalue weighted by Crippen LogP contribution is -2.37. The minimum absolute atomic E-state index is 0.0598. The number of carboxylic acid groups (broad SMARTS) is 1. The molecule has 0 aromatic carbocycles. The molecule has 0 bridgehead atoms. The van der Waals surface area contributed by atoms with Crippen molar-refractivity contribution >= 4 is 29.5 Å². The predicted molar refractivity (Wildman–Crippen MR) is 73.0 cm³/mol. The first-order valence-electron chi connectivity index (χ1n) is 6.43. The lowest BCUT2D eigenvalue weighted by atomic mass is 10.1. The lowest BCUT2D eigenvalue weighted by molar-refractivity contribution is -0.134. The summed E-state index contributed by atoms with van der Waals surface area (Å²) in [6.45, 7) is 2.03. The van der Waals surface area contributed by atoms with Crippen molar-refractivity contribution in [2.45, 2.75) is 25.7 Å². The Bertz CT molecular complexity index is 336. The molecule has 2 N–H and O–H groups in total. The SMILES string of the molecule is O=C(O)CSCC(=O)NCCCN1CCCCC1=O. The molecule has 0 radical (unpaired) electrons. The molecular weight excluding hydrogens is 268 g/mol. The number of carbonyl (C=O) groups excluding carboxylic acids is 2. The summed E-state index contributed by atoms with van der Waals surface area (Å²) in [7, 11) is 0. The van der Waals surface area contributed by atoms with Gasteiger partial charge in [-0.2, -0.15) is 0 Å². The third kappa shape index (κ3) is 7.05. The average Bonchev–Trinajstić information content (AvgIpc) is 2.36. The van der Waals surface area contributed by atoms with E-state index >= 15 is 0 Å². The highest BCUT2D eigenvalue weighted by molar-refractivity contribution is 8.00. The van der Waals surface area contributed by atoms with E-state index in [0.717, 1.165) is 37.6 Å². The van der Waals surface area contributed by atoms with Crippen molar-refractivity contribution in [3.63, 3.8) is 0 Å². The first-order chi connectivity index (χ1) is 9.09. The van der Waals surface area contributed by atoms with E-state index in [1.54, 1.807) is 0 Å². The van der Waals surface area contributed by atoms with E-state index in [-0.39, 0.29) is 23.3 Å². The van der Waals surface area contributed by atoms with Crippen LogP contribution in [-0.4, -0.2) is 58.9 Å². The molecule has 1 rings (SSSR count). The summed E-state index contributed by atoms with van der Waals surface area (Å²) in [5.74, 6) is -0.766. The molecule has 19 heavy (non-hydrogen) atoms. The maximum atomic E-state index is 11.5. The Morgan fingerprint density at radius 1 is 1.32 bits per heavy atom. The van der Waals surface area contributed by atoms with Crippen molar-refractivity contribution < 1.29 is 19.5 Å². The molecule has 7 heteroatoms. The van der Waals surface area contributed by atoms with E-state index in [2.05, 4.69) is 5.32 Å². The fraction of sp³-hybridized carbons (Fsp3) is 0.750. The van der Waals surface area contributed by atoms with E-state index in [0.29, 0.717) is 19.5 Å². The monoisotopic (exact) mass is 288 g/mol. The zero-order valence-electron chi connectivity index (χ0n) is 10.9. The second kappa shape index (κ2) is 8.79. The summed E-state index contributed by atoms with van der Waals surface area (Å²) in [5.41, 5.74) is 0. The quantitative estimate of drug-likeness (QED) is 0.628. The van der Waals surface area contributed by atoms with Crippen LogP contribution in [0.25, 0.3) is 0 Å². The number of piperidine rings is 1. The van der Waals surface area contributed by atoms with Gasteiger partial charge in [-0.1, -0.05) is 0 Å². The number of carbonyl (C=O) groups is 3. The molecule has 108 valence electrons. The number of nitrogens with one attached hydrogen (secondary N) is 1. The molecule has 0 aromatic heterocycles. The van der Waals surface area contributed by atoms with Gasteiger partial charge in [0.25, 0.3) is 0 Å². The summed E-state index contributed by atoms with van der Waals surface area (Å²) in [6, 6.07) is 0. The minimum atomic E-state index is -0.915. The van der Waals surface area contributed by atoms with Crippen LogP contribution in [-0.2, 0) is 14.4 Å². The molecule has 1 heterocycles. The van der Waals surface area contributed by atoms with Crippen molar-refractivity contribution in [3.05, 3.63) is 0 Å². The fourth-order valence-corrected chi connectivity index (χ4v) is 2.44. The number of hydrogen-bond donors (Lipinski definition) is 2. The first kappa shape index (κ1) is 15.8. The maximum absolute atomic E-state index is 11.5. The van der Waals surface area contributed by atoms with E-state index < -0.39 is 5.97 Å². The summed E-state index contributed by atoms with van der Waals surface area (Å²) < 4.78 is 0. The molecule has 2 amide bonds.